The lowest BCUT2D eigenvalue weighted by Gasteiger charge is -2.42. The number of carboxylic acids is 1. The normalized spacial score (nSPS) is 25.5. The lowest BCUT2D eigenvalue weighted by Crippen LogP contribution is -2.55. The molecule has 0 aliphatic heterocycles. The molecule has 2 aliphatic rings. The number of hydrogen-bond donors (Lipinski definition) is 2. The van der Waals surface area contributed by atoms with E-state index in [1.807, 2.05) is 11.8 Å². The topological polar surface area (TPSA) is 69.6 Å². The lowest BCUT2D eigenvalue weighted by atomic mass is 9.84. The third-order valence-electron chi connectivity index (χ3n) is 5.82. The van der Waals surface area contributed by atoms with Gasteiger partial charge in [-0.3, -0.25) is 14.5 Å². The quantitative estimate of drug-likeness (QED) is 0.642. The van der Waals surface area contributed by atoms with Crippen molar-refractivity contribution in [2.45, 2.75) is 83.7 Å². The maximum atomic E-state index is 12.6. The highest BCUT2D eigenvalue weighted by atomic mass is 16.4. The van der Waals surface area contributed by atoms with Crippen LogP contribution in [-0.2, 0) is 9.59 Å². The van der Waals surface area contributed by atoms with Crippen molar-refractivity contribution < 1.29 is 14.7 Å². The number of rotatable bonds is 10. The van der Waals surface area contributed by atoms with E-state index in [9.17, 15) is 9.59 Å². The van der Waals surface area contributed by atoms with Gasteiger partial charge in [0.1, 0.15) is 0 Å². The summed E-state index contributed by atoms with van der Waals surface area (Å²) in [5, 5.41) is 12.2. The van der Waals surface area contributed by atoms with E-state index in [1.54, 1.807) is 0 Å². The minimum Gasteiger partial charge on any atom is -0.480 e. The number of carboxylic acid groups (broad SMARTS) is 1. The van der Waals surface area contributed by atoms with Crippen molar-refractivity contribution in [3.8, 4) is 0 Å². The van der Waals surface area contributed by atoms with Gasteiger partial charge in [-0.1, -0.05) is 46.0 Å². The molecule has 2 aliphatic carbocycles. The van der Waals surface area contributed by atoms with Crippen LogP contribution in [0.3, 0.4) is 0 Å². The van der Waals surface area contributed by atoms with Gasteiger partial charge in [-0.2, -0.15) is 0 Å². The average Bonchev–Trinajstić information content (AvgIpc) is 3.00. The van der Waals surface area contributed by atoms with Gasteiger partial charge in [0.25, 0.3) is 0 Å². The summed E-state index contributed by atoms with van der Waals surface area (Å²) < 4.78 is 0. The first-order valence-electron chi connectivity index (χ1n) is 9.79. The number of carbonyl (C=O) groups is 2. The molecule has 0 heterocycles. The lowest BCUT2D eigenvalue weighted by molar-refractivity contribution is -0.140. The molecule has 2 fully saturated rings. The van der Waals surface area contributed by atoms with Gasteiger partial charge < -0.3 is 10.4 Å². The fourth-order valence-electron chi connectivity index (χ4n) is 4.35. The molecule has 2 rings (SSSR count). The number of aliphatic carboxylic acids is 1. The first kappa shape index (κ1) is 19.2. The minimum atomic E-state index is -0.774. The SMILES string of the molecule is CCCC(CC1CCCC1)C(=O)NC1CC(N(CC)CC(=O)O)C1. The summed E-state index contributed by atoms with van der Waals surface area (Å²) in [4.78, 5) is 25.5. The van der Waals surface area contributed by atoms with Gasteiger partial charge >= 0.3 is 5.97 Å². The molecule has 24 heavy (non-hydrogen) atoms. The van der Waals surface area contributed by atoms with Crippen LogP contribution >= 0.6 is 0 Å². The van der Waals surface area contributed by atoms with E-state index in [0.29, 0.717) is 6.04 Å². The molecule has 1 unspecified atom stereocenters. The van der Waals surface area contributed by atoms with Crippen molar-refractivity contribution in [1.29, 1.82) is 0 Å². The van der Waals surface area contributed by atoms with Gasteiger partial charge in [0.2, 0.25) is 5.91 Å². The molecule has 0 spiro atoms. The van der Waals surface area contributed by atoms with Crippen molar-refractivity contribution in [3.63, 3.8) is 0 Å². The zero-order chi connectivity index (χ0) is 17.5. The van der Waals surface area contributed by atoms with Crippen LogP contribution in [-0.4, -0.2) is 47.1 Å². The van der Waals surface area contributed by atoms with Crippen LogP contribution in [0.5, 0.6) is 0 Å². The molecule has 0 aromatic carbocycles. The highest BCUT2D eigenvalue weighted by molar-refractivity contribution is 5.79. The van der Waals surface area contributed by atoms with Crippen molar-refractivity contribution in [1.82, 2.24) is 10.2 Å². The Morgan fingerprint density at radius 2 is 1.88 bits per heavy atom. The van der Waals surface area contributed by atoms with Crippen LogP contribution in [0.15, 0.2) is 0 Å². The van der Waals surface area contributed by atoms with Crippen LogP contribution in [0, 0.1) is 11.8 Å². The van der Waals surface area contributed by atoms with Crippen molar-refractivity contribution >= 4 is 11.9 Å². The summed E-state index contributed by atoms with van der Waals surface area (Å²) in [5.74, 6) is 0.364. The second-order valence-electron chi connectivity index (χ2n) is 7.66. The van der Waals surface area contributed by atoms with E-state index in [1.165, 1.54) is 25.7 Å². The Kier molecular flexibility index (Phi) is 7.53. The fourth-order valence-corrected chi connectivity index (χ4v) is 4.35. The van der Waals surface area contributed by atoms with Crippen molar-refractivity contribution in [3.05, 3.63) is 0 Å². The van der Waals surface area contributed by atoms with Crippen LogP contribution in [0.4, 0.5) is 0 Å². The summed E-state index contributed by atoms with van der Waals surface area (Å²) in [6, 6.07) is 0.532. The Hall–Kier alpha value is -1.10. The number of hydrogen-bond acceptors (Lipinski definition) is 3. The Balaban J connectivity index is 1.75. The molecular formula is C19H34N2O3. The van der Waals surface area contributed by atoms with E-state index >= 15 is 0 Å². The molecule has 0 bridgehead atoms. The molecular weight excluding hydrogens is 304 g/mol. The molecule has 5 nitrogen and oxygen atoms in total. The molecule has 5 heteroatoms. The van der Waals surface area contributed by atoms with E-state index in [4.69, 9.17) is 5.11 Å². The third kappa shape index (κ3) is 5.47. The summed E-state index contributed by atoms with van der Waals surface area (Å²) in [7, 11) is 0. The first-order chi connectivity index (χ1) is 11.5. The van der Waals surface area contributed by atoms with Crippen LogP contribution < -0.4 is 5.32 Å². The smallest absolute Gasteiger partial charge is 0.317 e. The zero-order valence-corrected chi connectivity index (χ0v) is 15.3. The van der Waals surface area contributed by atoms with E-state index in [0.717, 1.165) is 44.6 Å². The summed E-state index contributed by atoms with van der Waals surface area (Å²) in [6.45, 7) is 4.99. The Labute approximate surface area is 146 Å². The van der Waals surface area contributed by atoms with E-state index in [-0.39, 0.29) is 24.4 Å². The van der Waals surface area contributed by atoms with Gasteiger partial charge in [0.05, 0.1) is 6.54 Å². The zero-order valence-electron chi connectivity index (χ0n) is 15.3. The third-order valence-corrected chi connectivity index (χ3v) is 5.82. The second kappa shape index (κ2) is 9.40. The second-order valence-corrected chi connectivity index (χ2v) is 7.66. The molecule has 0 saturated heterocycles. The Morgan fingerprint density at radius 1 is 1.21 bits per heavy atom. The van der Waals surface area contributed by atoms with Crippen LogP contribution in [0.25, 0.3) is 0 Å². The molecule has 2 N–H and O–H groups in total. The predicted molar refractivity (Wildman–Crippen MR) is 94.8 cm³/mol. The summed E-state index contributed by atoms with van der Waals surface area (Å²) >= 11 is 0. The van der Waals surface area contributed by atoms with E-state index < -0.39 is 5.97 Å². The van der Waals surface area contributed by atoms with Gasteiger partial charge in [0.15, 0.2) is 0 Å². The molecule has 138 valence electrons. The van der Waals surface area contributed by atoms with Gasteiger partial charge in [-0.25, -0.2) is 0 Å². The predicted octanol–water partition coefficient (Wildman–Crippen LogP) is 3.04. The monoisotopic (exact) mass is 338 g/mol. The molecule has 1 atom stereocenters. The van der Waals surface area contributed by atoms with Gasteiger partial charge in [-0.05, 0) is 38.1 Å². The highest BCUT2D eigenvalue weighted by Crippen LogP contribution is 2.32. The first-order valence-corrected chi connectivity index (χ1v) is 9.79. The molecule has 0 aromatic rings. The van der Waals surface area contributed by atoms with Gasteiger partial charge in [-0.15, -0.1) is 0 Å². The number of nitrogens with one attached hydrogen (secondary N) is 1. The van der Waals surface area contributed by atoms with Crippen LogP contribution in [0.1, 0.15) is 71.6 Å². The number of amides is 1. The molecule has 0 aromatic heterocycles. The number of likely N-dealkylation sites (N-methyl/N-ethyl adjacent to an activating group) is 1. The largest absolute Gasteiger partial charge is 0.480 e. The Morgan fingerprint density at radius 3 is 2.42 bits per heavy atom. The number of nitrogens with zero attached hydrogens (tertiary/aromatic N) is 1. The molecule has 1 amide bonds. The van der Waals surface area contributed by atoms with Gasteiger partial charge in [0, 0.05) is 18.0 Å². The average molecular weight is 338 g/mol. The summed E-state index contributed by atoms with van der Waals surface area (Å²) in [6.07, 6.45) is 10.1. The maximum Gasteiger partial charge on any atom is 0.317 e. The summed E-state index contributed by atoms with van der Waals surface area (Å²) in [5.41, 5.74) is 0. The maximum absolute atomic E-state index is 12.6. The minimum absolute atomic E-state index is 0.0992. The standard InChI is InChI=1S/C19H34N2O3/c1-3-7-15(10-14-8-5-6-9-14)19(24)20-16-11-17(12-16)21(4-2)13-18(22)23/h14-17H,3-13H2,1-2H3,(H,20,24)(H,22,23). The molecule has 0 radical (unpaired) electrons. The van der Waals surface area contributed by atoms with Crippen molar-refractivity contribution in [2.75, 3.05) is 13.1 Å². The van der Waals surface area contributed by atoms with Crippen LogP contribution in [0.2, 0.25) is 0 Å². The highest BCUT2D eigenvalue weighted by Gasteiger charge is 2.36. The Bertz CT molecular complexity index is 415. The van der Waals surface area contributed by atoms with E-state index in [2.05, 4.69) is 12.2 Å². The number of carbonyl (C=O) groups excluding carboxylic acids is 1. The fraction of sp³-hybridized carbons (Fsp3) is 0.895. The van der Waals surface area contributed by atoms with Crippen molar-refractivity contribution in [2.24, 2.45) is 11.8 Å². The molecule has 2 saturated carbocycles.